The average molecular weight is 318 g/mol. The van der Waals surface area contributed by atoms with Crippen LogP contribution in [0.5, 0.6) is 5.75 Å². The molecule has 0 spiro atoms. The van der Waals surface area contributed by atoms with Crippen molar-refractivity contribution in [3.05, 3.63) is 29.8 Å². The van der Waals surface area contributed by atoms with E-state index in [0.717, 1.165) is 25.4 Å². The van der Waals surface area contributed by atoms with Gasteiger partial charge in [0.2, 0.25) is 0 Å². The second-order valence-electron chi connectivity index (χ2n) is 6.97. The summed E-state index contributed by atoms with van der Waals surface area (Å²) in [6, 6.07) is 7.99. The van der Waals surface area contributed by atoms with E-state index in [9.17, 15) is 4.79 Å². The van der Waals surface area contributed by atoms with E-state index in [1.54, 1.807) is 0 Å². The van der Waals surface area contributed by atoms with Crippen molar-refractivity contribution >= 4 is 5.91 Å². The summed E-state index contributed by atoms with van der Waals surface area (Å²) in [5, 5.41) is 3.07. The lowest BCUT2D eigenvalue weighted by Crippen LogP contribution is -2.41. The van der Waals surface area contributed by atoms with Gasteiger partial charge in [0.15, 0.2) is 0 Å². The van der Waals surface area contributed by atoms with Crippen LogP contribution in [-0.4, -0.2) is 42.6 Å². The van der Waals surface area contributed by atoms with Crippen LogP contribution in [0.1, 0.15) is 50.9 Å². The Labute approximate surface area is 140 Å². The number of benzene rings is 1. The van der Waals surface area contributed by atoms with E-state index in [0.29, 0.717) is 17.5 Å². The molecule has 0 aromatic heterocycles. The molecule has 23 heavy (non-hydrogen) atoms. The van der Waals surface area contributed by atoms with Crippen molar-refractivity contribution in [1.29, 1.82) is 0 Å². The van der Waals surface area contributed by atoms with Gasteiger partial charge < -0.3 is 15.0 Å². The van der Waals surface area contributed by atoms with Gasteiger partial charge in [-0.15, -0.1) is 0 Å². The molecule has 1 heterocycles. The minimum Gasteiger partial charge on any atom is -0.491 e. The number of nitrogens with one attached hydrogen (secondary N) is 1. The summed E-state index contributed by atoms with van der Waals surface area (Å²) in [6.45, 7) is 11.5. The highest BCUT2D eigenvalue weighted by Gasteiger charge is 2.21. The van der Waals surface area contributed by atoms with E-state index in [1.807, 2.05) is 38.1 Å². The number of hydrogen-bond acceptors (Lipinski definition) is 3. The number of likely N-dealkylation sites (tertiary alicyclic amines) is 1. The van der Waals surface area contributed by atoms with Crippen molar-refractivity contribution in [3.63, 3.8) is 0 Å². The van der Waals surface area contributed by atoms with Crippen LogP contribution in [0.2, 0.25) is 0 Å². The largest absolute Gasteiger partial charge is 0.491 e. The minimum absolute atomic E-state index is 0.00684. The second-order valence-corrected chi connectivity index (χ2v) is 6.97. The zero-order valence-electron chi connectivity index (χ0n) is 14.8. The molecule has 1 fully saturated rings. The Balaban J connectivity index is 1.77. The minimum atomic E-state index is 0.00684. The Kier molecular flexibility index (Phi) is 6.46. The van der Waals surface area contributed by atoms with E-state index in [1.165, 1.54) is 12.8 Å². The molecule has 4 heteroatoms. The highest BCUT2D eigenvalue weighted by molar-refractivity contribution is 5.94. The number of carbonyl (C=O) groups is 1. The molecule has 1 saturated heterocycles. The molecular weight excluding hydrogens is 288 g/mol. The zero-order chi connectivity index (χ0) is 16.8. The summed E-state index contributed by atoms with van der Waals surface area (Å²) in [5.74, 6) is 1.41. The lowest BCUT2D eigenvalue weighted by atomic mass is 9.96. The van der Waals surface area contributed by atoms with Gasteiger partial charge in [-0.25, -0.2) is 0 Å². The molecule has 0 saturated carbocycles. The van der Waals surface area contributed by atoms with Gasteiger partial charge in [0.1, 0.15) is 5.75 Å². The van der Waals surface area contributed by atoms with Crippen molar-refractivity contribution < 1.29 is 9.53 Å². The molecule has 1 aliphatic heterocycles. The normalized spacial score (nSPS) is 16.8. The van der Waals surface area contributed by atoms with E-state index < -0.39 is 0 Å². The molecule has 1 aliphatic rings. The van der Waals surface area contributed by atoms with Crippen molar-refractivity contribution in [2.24, 2.45) is 5.92 Å². The highest BCUT2D eigenvalue weighted by atomic mass is 16.5. The summed E-state index contributed by atoms with van der Waals surface area (Å²) in [7, 11) is 0. The first-order valence-electron chi connectivity index (χ1n) is 8.74. The SMILES string of the molecule is CC(C)Oc1ccc(C(=O)NCC2CCN(C(C)C)CC2)cc1. The predicted octanol–water partition coefficient (Wildman–Crippen LogP) is 3.32. The topological polar surface area (TPSA) is 41.6 Å². The number of nitrogens with zero attached hydrogens (tertiary/aromatic N) is 1. The fourth-order valence-corrected chi connectivity index (χ4v) is 2.97. The monoisotopic (exact) mass is 318 g/mol. The molecule has 128 valence electrons. The first kappa shape index (κ1) is 17.8. The fraction of sp³-hybridized carbons (Fsp3) is 0.632. The number of carbonyl (C=O) groups excluding carboxylic acids is 1. The fourth-order valence-electron chi connectivity index (χ4n) is 2.97. The highest BCUT2D eigenvalue weighted by Crippen LogP contribution is 2.18. The molecule has 1 aromatic rings. The lowest BCUT2D eigenvalue weighted by molar-refractivity contribution is 0.0929. The predicted molar refractivity (Wildman–Crippen MR) is 94.0 cm³/mol. The van der Waals surface area contributed by atoms with Crippen LogP contribution < -0.4 is 10.1 Å². The van der Waals surface area contributed by atoms with Crippen LogP contribution in [0.3, 0.4) is 0 Å². The first-order valence-corrected chi connectivity index (χ1v) is 8.74. The number of piperidine rings is 1. The van der Waals surface area contributed by atoms with E-state index >= 15 is 0 Å². The lowest BCUT2D eigenvalue weighted by Gasteiger charge is -2.34. The molecule has 1 amide bonds. The molecule has 4 nitrogen and oxygen atoms in total. The van der Waals surface area contributed by atoms with Gasteiger partial charge >= 0.3 is 0 Å². The third-order valence-electron chi connectivity index (χ3n) is 4.42. The maximum absolute atomic E-state index is 12.2. The maximum Gasteiger partial charge on any atom is 0.251 e. The van der Waals surface area contributed by atoms with Gasteiger partial charge in [-0.1, -0.05) is 0 Å². The van der Waals surface area contributed by atoms with Gasteiger partial charge in [-0.2, -0.15) is 0 Å². The molecule has 0 aliphatic carbocycles. The molecule has 0 unspecified atom stereocenters. The molecule has 1 N–H and O–H groups in total. The molecular formula is C19H30N2O2. The van der Waals surface area contributed by atoms with Gasteiger partial charge in [0.25, 0.3) is 5.91 Å². The molecule has 0 atom stereocenters. The Morgan fingerprint density at radius 1 is 1.17 bits per heavy atom. The Hall–Kier alpha value is -1.55. The van der Waals surface area contributed by atoms with Gasteiger partial charge in [0.05, 0.1) is 6.10 Å². The summed E-state index contributed by atoms with van der Waals surface area (Å²) < 4.78 is 5.60. The van der Waals surface area contributed by atoms with Crippen LogP contribution in [0, 0.1) is 5.92 Å². The van der Waals surface area contributed by atoms with Gasteiger partial charge in [-0.05, 0) is 83.8 Å². The Morgan fingerprint density at radius 3 is 2.30 bits per heavy atom. The summed E-state index contributed by atoms with van der Waals surface area (Å²) >= 11 is 0. The number of rotatable bonds is 6. The zero-order valence-corrected chi connectivity index (χ0v) is 14.8. The Bertz CT molecular complexity index is 489. The summed E-state index contributed by atoms with van der Waals surface area (Å²) in [4.78, 5) is 14.7. The second kappa shape index (κ2) is 8.34. The third kappa shape index (κ3) is 5.54. The summed E-state index contributed by atoms with van der Waals surface area (Å²) in [6.07, 6.45) is 2.48. The van der Waals surface area contributed by atoms with E-state index in [4.69, 9.17) is 4.74 Å². The van der Waals surface area contributed by atoms with Crippen molar-refractivity contribution in [2.45, 2.75) is 52.7 Å². The third-order valence-corrected chi connectivity index (χ3v) is 4.42. The van der Waals surface area contributed by atoms with Gasteiger partial charge in [-0.3, -0.25) is 4.79 Å². The van der Waals surface area contributed by atoms with E-state index in [-0.39, 0.29) is 12.0 Å². The van der Waals surface area contributed by atoms with Gasteiger partial charge in [0, 0.05) is 18.2 Å². The van der Waals surface area contributed by atoms with E-state index in [2.05, 4.69) is 24.1 Å². The first-order chi connectivity index (χ1) is 11.0. The van der Waals surface area contributed by atoms with Crippen LogP contribution >= 0.6 is 0 Å². The van der Waals surface area contributed by atoms with Crippen LogP contribution in [0.15, 0.2) is 24.3 Å². The molecule has 1 aromatic carbocycles. The standard InChI is InChI=1S/C19H30N2O2/c1-14(2)21-11-9-16(10-12-21)13-20-19(22)17-5-7-18(8-6-17)23-15(3)4/h5-8,14-16H,9-13H2,1-4H3,(H,20,22). The Morgan fingerprint density at radius 2 is 1.78 bits per heavy atom. The van der Waals surface area contributed by atoms with Crippen molar-refractivity contribution in [2.75, 3.05) is 19.6 Å². The van der Waals surface area contributed by atoms with Crippen molar-refractivity contribution in [1.82, 2.24) is 10.2 Å². The molecule has 0 bridgehead atoms. The summed E-state index contributed by atoms with van der Waals surface area (Å²) in [5.41, 5.74) is 0.695. The van der Waals surface area contributed by atoms with Crippen molar-refractivity contribution in [3.8, 4) is 5.75 Å². The number of amides is 1. The van der Waals surface area contributed by atoms with Crippen LogP contribution in [-0.2, 0) is 0 Å². The maximum atomic E-state index is 12.2. The quantitative estimate of drug-likeness (QED) is 0.875. The van der Waals surface area contributed by atoms with Crippen LogP contribution in [0.4, 0.5) is 0 Å². The number of ether oxygens (including phenoxy) is 1. The average Bonchev–Trinajstić information content (AvgIpc) is 2.53. The molecule has 0 radical (unpaired) electrons. The molecule has 2 rings (SSSR count). The smallest absolute Gasteiger partial charge is 0.251 e. The van der Waals surface area contributed by atoms with Crippen LogP contribution in [0.25, 0.3) is 0 Å². The number of hydrogen-bond donors (Lipinski definition) is 1.